The Morgan fingerprint density at radius 3 is 0.762 bits per heavy atom. The second-order valence-electron chi connectivity index (χ2n) is 5.29. The second-order valence-corrected chi connectivity index (χ2v) is 18.3. The van der Waals surface area contributed by atoms with E-state index in [9.17, 15) is 0 Å². The van der Waals surface area contributed by atoms with Gasteiger partial charge < -0.3 is 16.5 Å². The van der Waals surface area contributed by atoms with Crippen LogP contribution in [-0.2, 0) is 16.5 Å². The quantitative estimate of drug-likeness (QED) is 0.697. The lowest BCUT2D eigenvalue weighted by atomic mass is 11.3. The zero-order valence-electron chi connectivity index (χ0n) is 13.2. The van der Waals surface area contributed by atoms with Gasteiger partial charge in [-0.2, -0.15) is 0 Å². The molecule has 0 aromatic rings. The minimum atomic E-state index is -2.60. The van der Waals surface area contributed by atoms with E-state index < -0.39 is 34.2 Å². The number of rotatable bonds is 4. The maximum Gasteiger partial charge on any atom is 0.344 e. The molecule has 0 spiro atoms. The summed E-state index contributed by atoms with van der Waals surface area (Å²) in [5.41, 5.74) is 7.01. The zero-order valence-corrected chi connectivity index (χ0v) is 18.0. The van der Waals surface area contributed by atoms with Crippen LogP contribution in [0.3, 0.4) is 0 Å². The van der Waals surface area contributed by atoms with Crippen molar-refractivity contribution in [2.75, 3.05) is 0 Å². The van der Waals surface area contributed by atoms with Crippen LogP contribution in [-0.4, -0.2) is 34.2 Å². The van der Waals surface area contributed by atoms with E-state index in [4.69, 9.17) is 16.5 Å². The average molecular weight is 381 g/mol. The Balaban J connectivity index is 0.00000400. The lowest BCUT2D eigenvalue weighted by molar-refractivity contribution is 0.251. The molecular formula is C12H25ClO4Si4. The molecule has 1 aliphatic heterocycles. The summed E-state index contributed by atoms with van der Waals surface area (Å²) in [6.07, 6.45) is 0. The Morgan fingerprint density at radius 2 is 0.667 bits per heavy atom. The minimum Gasteiger partial charge on any atom is -0.410 e. The molecule has 1 aliphatic rings. The van der Waals surface area contributed by atoms with Gasteiger partial charge in [0.15, 0.2) is 0 Å². The molecule has 0 aliphatic carbocycles. The first kappa shape index (κ1) is 21.0. The fourth-order valence-corrected chi connectivity index (χ4v) is 19.7. The summed E-state index contributed by atoms with van der Waals surface area (Å²) >= 11 is 0. The van der Waals surface area contributed by atoms with Crippen molar-refractivity contribution in [2.24, 2.45) is 0 Å². The zero-order chi connectivity index (χ0) is 15.7. The summed E-state index contributed by atoms with van der Waals surface area (Å²) in [5, 5.41) is 0. The van der Waals surface area contributed by atoms with E-state index >= 15 is 0 Å². The average Bonchev–Trinajstić information content (AvgIpc) is 2.36. The molecule has 0 saturated carbocycles. The van der Waals surface area contributed by atoms with Crippen LogP contribution >= 0.6 is 12.4 Å². The van der Waals surface area contributed by atoms with Crippen molar-refractivity contribution >= 4 is 46.7 Å². The fourth-order valence-electron chi connectivity index (χ4n) is 2.03. The molecule has 0 bridgehead atoms. The van der Waals surface area contributed by atoms with Crippen molar-refractivity contribution in [3.8, 4) is 0 Å². The van der Waals surface area contributed by atoms with Crippen LogP contribution in [0.1, 0.15) is 0 Å². The van der Waals surface area contributed by atoms with Gasteiger partial charge in [-0.25, -0.2) is 0 Å². The van der Waals surface area contributed by atoms with E-state index in [1.54, 1.807) is 22.8 Å². The van der Waals surface area contributed by atoms with Gasteiger partial charge in [-0.15, -0.1) is 38.7 Å². The van der Waals surface area contributed by atoms with E-state index in [0.29, 0.717) is 0 Å². The van der Waals surface area contributed by atoms with Gasteiger partial charge in [0.2, 0.25) is 0 Å². The first-order valence-corrected chi connectivity index (χ1v) is 16.0. The van der Waals surface area contributed by atoms with Gasteiger partial charge in [0.05, 0.1) is 0 Å². The van der Waals surface area contributed by atoms with E-state index in [0.717, 1.165) is 0 Å². The summed E-state index contributed by atoms with van der Waals surface area (Å²) in [6.45, 7) is 23.2. The summed E-state index contributed by atoms with van der Waals surface area (Å²) in [5.74, 6) is 0. The Morgan fingerprint density at radius 1 is 0.524 bits per heavy atom. The standard InChI is InChI=1S/C12H24O4Si4.ClH/c1-9-17(5)13-18(6,10-2)15-20(8,12-4)16-19(7,11-3)14-17;/h9-12H,1-4H2,5-8H3;1H. The normalized spacial score (nSPS) is 43.6. The van der Waals surface area contributed by atoms with Crippen LogP contribution in [0.25, 0.3) is 0 Å². The summed E-state index contributed by atoms with van der Waals surface area (Å²) in [6, 6.07) is 0. The molecule has 1 fully saturated rings. The molecular weight excluding hydrogens is 356 g/mol. The Kier molecular flexibility index (Phi) is 7.01. The summed E-state index contributed by atoms with van der Waals surface area (Å²) in [4.78, 5) is 0. The number of halogens is 1. The van der Waals surface area contributed by atoms with Gasteiger partial charge in [0.25, 0.3) is 0 Å². The SMILES string of the molecule is C=C[Si]1(C)O[Si](C)(C=C)O[Si](C)(C=C)O[Si](C)(C=C)O1.Cl. The molecule has 0 aromatic heterocycles. The molecule has 21 heavy (non-hydrogen) atoms. The van der Waals surface area contributed by atoms with Gasteiger partial charge >= 0.3 is 34.2 Å². The van der Waals surface area contributed by atoms with Gasteiger partial charge in [-0.3, -0.25) is 0 Å². The third-order valence-corrected chi connectivity index (χ3v) is 19.0. The van der Waals surface area contributed by atoms with Crippen LogP contribution in [0.2, 0.25) is 26.2 Å². The van der Waals surface area contributed by atoms with E-state index in [1.807, 2.05) is 26.2 Å². The smallest absolute Gasteiger partial charge is 0.344 e. The molecule has 1 rings (SSSR count). The van der Waals surface area contributed by atoms with Crippen LogP contribution in [0.4, 0.5) is 0 Å². The first-order valence-electron chi connectivity index (χ1n) is 6.42. The Hall–Kier alpha value is -0.0425. The molecule has 120 valence electrons. The largest absolute Gasteiger partial charge is 0.410 e. The van der Waals surface area contributed by atoms with Crippen molar-refractivity contribution in [1.82, 2.24) is 0 Å². The molecule has 1 saturated heterocycles. The highest BCUT2D eigenvalue weighted by molar-refractivity contribution is 6.98. The number of hydrogen-bond donors (Lipinski definition) is 0. The minimum absolute atomic E-state index is 0. The highest BCUT2D eigenvalue weighted by Gasteiger charge is 2.53. The Bertz CT molecular complexity index is 355. The predicted octanol–water partition coefficient (Wildman–Crippen LogP) is 3.68. The molecule has 0 N–H and O–H groups in total. The lowest BCUT2D eigenvalue weighted by Gasteiger charge is -2.46. The molecule has 1 heterocycles. The second kappa shape index (κ2) is 7.02. The Labute approximate surface area is 138 Å². The summed E-state index contributed by atoms with van der Waals surface area (Å²) < 4.78 is 25.0. The van der Waals surface area contributed by atoms with Crippen molar-refractivity contribution in [1.29, 1.82) is 0 Å². The van der Waals surface area contributed by atoms with Crippen LogP contribution < -0.4 is 0 Å². The first-order chi connectivity index (χ1) is 9.07. The molecule has 0 aromatic carbocycles. The third-order valence-electron chi connectivity index (χ3n) is 3.10. The van der Waals surface area contributed by atoms with Crippen molar-refractivity contribution in [3.63, 3.8) is 0 Å². The molecule has 0 radical (unpaired) electrons. The van der Waals surface area contributed by atoms with Gasteiger partial charge in [-0.1, -0.05) is 22.8 Å². The van der Waals surface area contributed by atoms with Gasteiger partial charge in [0, 0.05) is 0 Å². The van der Waals surface area contributed by atoms with Crippen LogP contribution in [0.5, 0.6) is 0 Å². The van der Waals surface area contributed by atoms with Gasteiger partial charge in [-0.05, 0) is 26.2 Å². The molecule has 0 atom stereocenters. The van der Waals surface area contributed by atoms with E-state index in [2.05, 4.69) is 26.3 Å². The molecule has 0 amide bonds. The lowest BCUT2D eigenvalue weighted by Crippen LogP contribution is -2.65. The highest BCUT2D eigenvalue weighted by atomic mass is 35.5. The maximum atomic E-state index is 6.25. The van der Waals surface area contributed by atoms with Crippen LogP contribution in [0.15, 0.2) is 49.1 Å². The number of hydrogen-bond acceptors (Lipinski definition) is 4. The van der Waals surface area contributed by atoms with Gasteiger partial charge in [0.1, 0.15) is 0 Å². The topological polar surface area (TPSA) is 36.9 Å². The summed E-state index contributed by atoms with van der Waals surface area (Å²) in [7, 11) is -10.4. The van der Waals surface area contributed by atoms with E-state index in [1.165, 1.54) is 0 Å². The van der Waals surface area contributed by atoms with E-state index in [-0.39, 0.29) is 12.4 Å². The molecule has 4 nitrogen and oxygen atoms in total. The van der Waals surface area contributed by atoms with Crippen molar-refractivity contribution in [3.05, 3.63) is 49.1 Å². The fraction of sp³-hybridized carbons (Fsp3) is 0.333. The predicted molar refractivity (Wildman–Crippen MR) is 98.8 cm³/mol. The van der Waals surface area contributed by atoms with Crippen molar-refractivity contribution in [2.45, 2.75) is 26.2 Å². The molecule has 0 unspecified atom stereocenters. The maximum absolute atomic E-state index is 6.25. The van der Waals surface area contributed by atoms with Crippen molar-refractivity contribution < 1.29 is 16.5 Å². The third kappa shape index (κ3) is 4.98. The van der Waals surface area contributed by atoms with Crippen LogP contribution in [0, 0.1) is 0 Å². The highest BCUT2D eigenvalue weighted by Crippen LogP contribution is 2.32. The monoisotopic (exact) mass is 380 g/mol. The molecule has 9 heteroatoms.